The molecular formula is C15H18N4O2. The molecule has 1 aromatic carbocycles. The molecule has 2 unspecified atom stereocenters. The standard InChI is InChI=1S/C15H18N4O2/c1-10-9-18(7-6-12(10)16)15-11-4-2-3-5-13(11)17-8-14(15)19(20)21/h2-5,8,10,12H,6-7,9,16H2,1H3. The molecule has 1 saturated heterocycles. The molecule has 0 amide bonds. The van der Waals surface area contributed by atoms with E-state index in [1.165, 1.54) is 6.20 Å². The summed E-state index contributed by atoms with van der Waals surface area (Å²) in [7, 11) is 0. The number of nitro groups is 1. The molecule has 1 aromatic heterocycles. The number of rotatable bonds is 2. The van der Waals surface area contributed by atoms with Crippen LogP contribution < -0.4 is 10.6 Å². The van der Waals surface area contributed by atoms with Crippen LogP contribution in [0.3, 0.4) is 0 Å². The lowest BCUT2D eigenvalue weighted by Gasteiger charge is -2.36. The number of nitrogens with zero attached hydrogens (tertiary/aromatic N) is 3. The van der Waals surface area contributed by atoms with Gasteiger partial charge in [-0.1, -0.05) is 25.1 Å². The van der Waals surface area contributed by atoms with Crippen molar-refractivity contribution in [2.75, 3.05) is 18.0 Å². The second-order valence-corrected chi connectivity index (χ2v) is 5.64. The zero-order valence-corrected chi connectivity index (χ0v) is 11.9. The lowest BCUT2D eigenvalue weighted by atomic mass is 9.94. The molecule has 0 spiro atoms. The van der Waals surface area contributed by atoms with Crippen LogP contribution >= 0.6 is 0 Å². The third kappa shape index (κ3) is 2.42. The van der Waals surface area contributed by atoms with Gasteiger partial charge in [-0.3, -0.25) is 10.1 Å². The van der Waals surface area contributed by atoms with Gasteiger partial charge in [0, 0.05) is 24.5 Å². The third-order valence-electron chi connectivity index (χ3n) is 4.21. The van der Waals surface area contributed by atoms with Gasteiger partial charge in [0.1, 0.15) is 11.9 Å². The van der Waals surface area contributed by atoms with Crippen molar-refractivity contribution >= 4 is 22.3 Å². The smallest absolute Gasteiger partial charge is 0.311 e. The number of fused-ring (bicyclic) bond motifs is 1. The largest absolute Gasteiger partial charge is 0.365 e. The number of anilines is 1. The zero-order chi connectivity index (χ0) is 15.0. The van der Waals surface area contributed by atoms with E-state index in [4.69, 9.17) is 5.73 Å². The van der Waals surface area contributed by atoms with Crippen LogP contribution in [0.15, 0.2) is 30.5 Å². The van der Waals surface area contributed by atoms with Crippen molar-refractivity contribution < 1.29 is 4.92 Å². The molecule has 1 aliphatic heterocycles. The van der Waals surface area contributed by atoms with Gasteiger partial charge in [0.15, 0.2) is 0 Å². The topological polar surface area (TPSA) is 85.3 Å². The van der Waals surface area contributed by atoms with Crippen molar-refractivity contribution in [1.29, 1.82) is 0 Å². The van der Waals surface area contributed by atoms with E-state index in [-0.39, 0.29) is 16.7 Å². The summed E-state index contributed by atoms with van der Waals surface area (Å²) in [5.74, 6) is 0.310. The molecule has 0 radical (unpaired) electrons. The Hall–Kier alpha value is -2.21. The van der Waals surface area contributed by atoms with Gasteiger partial charge in [-0.2, -0.15) is 0 Å². The molecule has 0 saturated carbocycles. The maximum atomic E-state index is 11.4. The summed E-state index contributed by atoms with van der Waals surface area (Å²) in [6.45, 7) is 3.56. The number of pyridine rings is 1. The van der Waals surface area contributed by atoms with Crippen LogP contribution in [0.1, 0.15) is 13.3 Å². The Morgan fingerprint density at radius 2 is 2.19 bits per heavy atom. The van der Waals surface area contributed by atoms with E-state index in [9.17, 15) is 10.1 Å². The first-order valence-electron chi connectivity index (χ1n) is 7.10. The predicted octanol–water partition coefficient (Wildman–Crippen LogP) is 2.32. The van der Waals surface area contributed by atoms with Gasteiger partial charge in [0.25, 0.3) is 0 Å². The number of piperidine rings is 1. The number of hydrogen-bond donors (Lipinski definition) is 1. The highest BCUT2D eigenvalue weighted by molar-refractivity contribution is 5.96. The molecule has 110 valence electrons. The number of aromatic nitrogens is 1. The Labute approximate surface area is 122 Å². The van der Waals surface area contributed by atoms with Crippen molar-refractivity contribution in [2.45, 2.75) is 19.4 Å². The lowest BCUT2D eigenvalue weighted by molar-refractivity contribution is -0.384. The minimum atomic E-state index is -0.353. The number of nitrogens with two attached hydrogens (primary N) is 1. The van der Waals surface area contributed by atoms with Crippen LogP contribution in [-0.2, 0) is 0 Å². The third-order valence-corrected chi connectivity index (χ3v) is 4.21. The molecule has 0 aliphatic carbocycles. The quantitative estimate of drug-likeness (QED) is 0.676. The molecule has 6 nitrogen and oxygen atoms in total. The first-order valence-corrected chi connectivity index (χ1v) is 7.10. The highest BCUT2D eigenvalue weighted by atomic mass is 16.6. The van der Waals surface area contributed by atoms with E-state index in [0.29, 0.717) is 11.6 Å². The summed E-state index contributed by atoms with van der Waals surface area (Å²) in [5.41, 5.74) is 7.57. The molecule has 2 N–H and O–H groups in total. The minimum Gasteiger partial charge on any atom is -0.365 e. The van der Waals surface area contributed by atoms with Crippen LogP contribution in [-0.4, -0.2) is 29.0 Å². The number of hydrogen-bond acceptors (Lipinski definition) is 5. The van der Waals surface area contributed by atoms with E-state index >= 15 is 0 Å². The maximum Gasteiger partial charge on any atom is 0.311 e. The Balaban J connectivity index is 2.14. The van der Waals surface area contributed by atoms with Gasteiger partial charge in [-0.15, -0.1) is 0 Å². The fraction of sp³-hybridized carbons (Fsp3) is 0.400. The monoisotopic (exact) mass is 286 g/mol. The summed E-state index contributed by atoms with van der Waals surface area (Å²) < 4.78 is 0. The molecule has 2 atom stereocenters. The number of benzene rings is 1. The van der Waals surface area contributed by atoms with Crippen LogP contribution in [0.4, 0.5) is 11.4 Å². The lowest BCUT2D eigenvalue weighted by Crippen LogP contribution is -2.46. The van der Waals surface area contributed by atoms with Crippen LogP contribution in [0.2, 0.25) is 0 Å². The van der Waals surface area contributed by atoms with E-state index in [2.05, 4.69) is 16.8 Å². The number of para-hydroxylation sites is 1. The summed E-state index contributed by atoms with van der Waals surface area (Å²) in [6, 6.07) is 7.70. The summed E-state index contributed by atoms with van der Waals surface area (Å²) >= 11 is 0. The predicted molar refractivity (Wildman–Crippen MR) is 82.4 cm³/mol. The fourth-order valence-electron chi connectivity index (χ4n) is 2.95. The van der Waals surface area contributed by atoms with Gasteiger partial charge in [-0.25, -0.2) is 4.98 Å². The second-order valence-electron chi connectivity index (χ2n) is 5.64. The van der Waals surface area contributed by atoms with Crippen LogP contribution in [0.5, 0.6) is 0 Å². The summed E-state index contributed by atoms with van der Waals surface area (Å²) in [6.07, 6.45) is 2.20. The Morgan fingerprint density at radius 3 is 2.90 bits per heavy atom. The van der Waals surface area contributed by atoms with Crippen molar-refractivity contribution in [2.24, 2.45) is 11.7 Å². The average molecular weight is 286 g/mol. The van der Waals surface area contributed by atoms with Gasteiger partial charge in [0.2, 0.25) is 0 Å². The SMILES string of the molecule is CC1CN(c2c([N+](=O)[O-])cnc3ccccc23)CCC1N. The average Bonchev–Trinajstić information content (AvgIpc) is 2.49. The second kappa shape index (κ2) is 5.29. The highest BCUT2D eigenvalue weighted by Gasteiger charge is 2.29. The Kier molecular flexibility index (Phi) is 3.47. The van der Waals surface area contributed by atoms with Gasteiger partial charge in [-0.05, 0) is 18.4 Å². The highest BCUT2D eigenvalue weighted by Crippen LogP contribution is 2.36. The molecule has 1 aliphatic rings. The molecule has 21 heavy (non-hydrogen) atoms. The van der Waals surface area contributed by atoms with Gasteiger partial charge >= 0.3 is 5.69 Å². The van der Waals surface area contributed by atoms with E-state index < -0.39 is 0 Å². The Morgan fingerprint density at radius 1 is 1.43 bits per heavy atom. The van der Waals surface area contributed by atoms with Crippen LogP contribution in [0.25, 0.3) is 10.9 Å². The molecule has 2 aromatic rings. The van der Waals surface area contributed by atoms with Crippen LogP contribution in [0, 0.1) is 16.0 Å². The first kappa shape index (κ1) is 13.8. The maximum absolute atomic E-state index is 11.4. The van der Waals surface area contributed by atoms with E-state index in [0.717, 1.165) is 30.4 Å². The van der Waals surface area contributed by atoms with Gasteiger partial charge in [0.05, 0.1) is 10.4 Å². The summed E-state index contributed by atoms with van der Waals surface area (Å²) in [5, 5.41) is 12.2. The van der Waals surface area contributed by atoms with Gasteiger partial charge < -0.3 is 10.6 Å². The first-order chi connectivity index (χ1) is 10.1. The Bertz CT molecular complexity index is 688. The van der Waals surface area contributed by atoms with Crippen molar-refractivity contribution in [3.05, 3.63) is 40.6 Å². The summed E-state index contributed by atoms with van der Waals surface area (Å²) in [4.78, 5) is 17.3. The zero-order valence-electron chi connectivity index (χ0n) is 11.9. The van der Waals surface area contributed by atoms with Crippen molar-refractivity contribution in [1.82, 2.24) is 4.98 Å². The minimum absolute atomic E-state index is 0.0661. The molecule has 2 heterocycles. The molecule has 0 bridgehead atoms. The van der Waals surface area contributed by atoms with E-state index in [1.807, 2.05) is 24.3 Å². The van der Waals surface area contributed by atoms with E-state index in [1.54, 1.807) is 0 Å². The molecule has 6 heteroatoms. The molecular weight excluding hydrogens is 268 g/mol. The fourth-order valence-corrected chi connectivity index (χ4v) is 2.95. The normalized spacial score (nSPS) is 22.5. The van der Waals surface area contributed by atoms with Crippen molar-refractivity contribution in [3.8, 4) is 0 Å². The molecule has 1 fully saturated rings. The van der Waals surface area contributed by atoms with Crippen molar-refractivity contribution in [3.63, 3.8) is 0 Å². The molecule has 3 rings (SSSR count).